The van der Waals surface area contributed by atoms with E-state index in [1.807, 2.05) is 0 Å². The fourth-order valence-electron chi connectivity index (χ4n) is 2.45. The lowest BCUT2D eigenvalue weighted by atomic mass is 10.1. The molecule has 2 rings (SSSR count). The zero-order chi connectivity index (χ0) is 19.3. The number of carbonyl (C=O) groups is 2. The van der Waals surface area contributed by atoms with E-state index in [4.69, 9.17) is 4.74 Å². The van der Waals surface area contributed by atoms with E-state index in [0.29, 0.717) is 23.2 Å². The van der Waals surface area contributed by atoms with E-state index in [1.54, 1.807) is 12.1 Å². The van der Waals surface area contributed by atoms with Crippen molar-refractivity contribution in [1.29, 1.82) is 0 Å². The van der Waals surface area contributed by atoms with Crippen molar-refractivity contribution in [1.82, 2.24) is 3.96 Å². The smallest absolute Gasteiger partial charge is 0.282 e. The lowest BCUT2D eigenvalue weighted by molar-refractivity contribution is 0.0996. The van der Waals surface area contributed by atoms with Crippen molar-refractivity contribution in [3.8, 4) is 5.75 Å². The van der Waals surface area contributed by atoms with Crippen LogP contribution in [0.25, 0.3) is 0 Å². The summed E-state index contributed by atoms with van der Waals surface area (Å²) in [6, 6.07) is 4.76. The van der Waals surface area contributed by atoms with Gasteiger partial charge in [0.1, 0.15) is 16.7 Å². The maximum atomic E-state index is 12.8. The number of nitrogens with zero attached hydrogens (tertiary/aromatic N) is 2. The molecule has 1 amide bonds. The van der Waals surface area contributed by atoms with Crippen LogP contribution in [0.5, 0.6) is 5.75 Å². The van der Waals surface area contributed by atoms with Gasteiger partial charge in [-0.15, -0.1) is 0 Å². The van der Waals surface area contributed by atoms with Crippen LogP contribution in [0.3, 0.4) is 0 Å². The molecule has 5 nitrogen and oxygen atoms in total. The fourth-order valence-corrected chi connectivity index (χ4v) is 3.49. The average molecular weight is 375 g/mol. The summed E-state index contributed by atoms with van der Waals surface area (Å²) in [6.45, 7) is 8.50. The predicted molar refractivity (Wildman–Crippen MR) is 104 cm³/mol. The summed E-state index contributed by atoms with van der Waals surface area (Å²) in [4.78, 5) is 28.2. The standard InChI is InChI=1S/C20H26N2O3S/c1-6-7-8-15-12-22(20(2,3)4)26-19(15)21-18(24)16-11-14(13-23)9-10-17(16)25-5/h9-13H,6-8H2,1-5H3. The van der Waals surface area contributed by atoms with Crippen LogP contribution in [0.4, 0.5) is 0 Å². The molecule has 1 heterocycles. The first kappa shape index (κ1) is 20.1. The predicted octanol–water partition coefficient (Wildman–Crippen LogP) is 4.21. The molecule has 0 aliphatic rings. The Bertz CT molecular complexity index is 857. The van der Waals surface area contributed by atoms with E-state index < -0.39 is 5.91 Å². The molecule has 26 heavy (non-hydrogen) atoms. The number of hydrogen-bond acceptors (Lipinski definition) is 4. The number of amides is 1. The van der Waals surface area contributed by atoms with Crippen molar-refractivity contribution in [2.45, 2.75) is 52.5 Å². The summed E-state index contributed by atoms with van der Waals surface area (Å²) in [7, 11) is 1.50. The summed E-state index contributed by atoms with van der Waals surface area (Å²) in [6.07, 6.45) is 5.80. The fraction of sp³-hybridized carbons (Fsp3) is 0.450. The SMILES string of the molecule is CCCCc1cn(C(C)(C)C)sc1=NC(=O)c1cc(C=O)ccc1OC. The zero-order valence-electron chi connectivity index (χ0n) is 16.0. The van der Waals surface area contributed by atoms with Crippen LogP contribution in [0, 0.1) is 0 Å². The first-order chi connectivity index (χ1) is 12.3. The van der Waals surface area contributed by atoms with Crippen molar-refractivity contribution >= 4 is 23.7 Å². The zero-order valence-corrected chi connectivity index (χ0v) is 16.9. The molecule has 0 N–H and O–H groups in total. The van der Waals surface area contributed by atoms with Crippen molar-refractivity contribution < 1.29 is 14.3 Å². The summed E-state index contributed by atoms with van der Waals surface area (Å²) < 4.78 is 8.11. The molecule has 0 bridgehead atoms. The molecule has 0 spiro atoms. The molecular weight excluding hydrogens is 348 g/mol. The molecule has 0 saturated carbocycles. The van der Waals surface area contributed by atoms with Gasteiger partial charge in [-0.05, 0) is 63.3 Å². The van der Waals surface area contributed by atoms with Crippen LogP contribution in [0.2, 0.25) is 0 Å². The van der Waals surface area contributed by atoms with Crippen molar-refractivity contribution in [2.75, 3.05) is 7.11 Å². The van der Waals surface area contributed by atoms with Gasteiger partial charge in [0.25, 0.3) is 5.91 Å². The van der Waals surface area contributed by atoms with E-state index >= 15 is 0 Å². The minimum Gasteiger partial charge on any atom is -0.496 e. The van der Waals surface area contributed by atoms with Crippen LogP contribution >= 0.6 is 11.5 Å². The minimum atomic E-state index is -0.397. The van der Waals surface area contributed by atoms with Crippen LogP contribution in [-0.2, 0) is 12.0 Å². The quantitative estimate of drug-likeness (QED) is 0.712. The van der Waals surface area contributed by atoms with E-state index in [9.17, 15) is 9.59 Å². The van der Waals surface area contributed by atoms with E-state index in [-0.39, 0.29) is 5.54 Å². The number of aryl methyl sites for hydroxylation is 1. The number of unbranched alkanes of at least 4 members (excludes halogenated alkanes) is 1. The third-order valence-electron chi connectivity index (χ3n) is 3.99. The Kier molecular flexibility index (Phi) is 6.53. The third-order valence-corrected chi connectivity index (χ3v) is 5.36. The highest BCUT2D eigenvalue weighted by Crippen LogP contribution is 2.21. The lowest BCUT2D eigenvalue weighted by Crippen LogP contribution is -2.18. The Hall–Kier alpha value is -2.21. The van der Waals surface area contributed by atoms with Gasteiger partial charge in [-0.25, -0.2) is 0 Å². The molecule has 0 aliphatic heterocycles. The Morgan fingerprint density at radius 3 is 2.65 bits per heavy atom. The summed E-state index contributed by atoms with van der Waals surface area (Å²) in [5, 5.41) is 0. The van der Waals surface area contributed by atoms with E-state index in [1.165, 1.54) is 24.7 Å². The summed E-state index contributed by atoms with van der Waals surface area (Å²) in [5.41, 5.74) is 1.73. The molecule has 2 aromatic rings. The highest BCUT2D eigenvalue weighted by molar-refractivity contribution is 7.04. The topological polar surface area (TPSA) is 60.7 Å². The number of aromatic nitrogens is 1. The molecule has 1 aromatic carbocycles. The molecule has 1 aromatic heterocycles. The highest BCUT2D eigenvalue weighted by atomic mass is 32.1. The summed E-state index contributed by atoms with van der Waals surface area (Å²) >= 11 is 1.48. The molecular formula is C20H26N2O3S. The number of methoxy groups -OCH3 is 1. The molecule has 0 radical (unpaired) electrons. The molecule has 140 valence electrons. The monoisotopic (exact) mass is 374 g/mol. The van der Waals surface area contributed by atoms with Crippen LogP contribution in [0.15, 0.2) is 29.4 Å². The minimum absolute atomic E-state index is 0.0719. The Labute approximate surface area is 158 Å². The average Bonchev–Trinajstić information content (AvgIpc) is 3.02. The van der Waals surface area contributed by atoms with Gasteiger partial charge in [0.05, 0.1) is 12.7 Å². The number of aldehydes is 1. The third kappa shape index (κ3) is 4.69. The normalized spacial score (nSPS) is 12.3. The molecule has 0 unspecified atom stereocenters. The molecule has 0 atom stereocenters. The number of rotatable bonds is 6. The van der Waals surface area contributed by atoms with Crippen LogP contribution in [-0.4, -0.2) is 23.3 Å². The van der Waals surface area contributed by atoms with Gasteiger partial charge in [-0.1, -0.05) is 13.3 Å². The van der Waals surface area contributed by atoms with Gasteiger partial charge < -0.3 is 4.74 Å². The van der Waals surface area contributed by atoms with Gasteiger partial charge in [0, 0.05) is 22.9 Å². The Balaban J connectivity index is 2.52. The van der Waals surface area contributed by atoms with Gasteiger partial charge >= 0.3 is 0 Å². The lowest BCUT2D eigenvalue weighted by Gasteiger charge is -2.19. The largest absolute Gasteiger partial charge is 0.496 e. The molecule has 0 aliphatic carbocycles. The van der Waals surface area contributed by atoms with Gasteiger partial charge in [0.2, 0.25) is 0 Å². The van der Waals surface area contributed by atoms with Crippen molar-refractivity contribution in [3.05, 3.63) is 45.8 Å². The second kappa shape index (κ2) is 8.45. The van der Waals surface area contributed by atoms with E-state index in [0.717, 1.165) is 29.5 Å². The Morgan fingerprint density at radius 2 is 2.08 bits per heavy atom. The second-order valence-corrected chi connectivity index (χ2v) is 8.11. The van der Waals surface area contributed by atoms with Crippen molar-refractivity contribution in [2.24, 2.45) is 4.99 Å². The van der Waals surface area contributed by atoms with Gasteiger partial charge in [-0.2, -0.15) is 4.99 Å². The number of ether oxygens (including phenoxy) is 1. The second-order valence-electron chi connectivity index (χ2n) is 7.15. The molecule has 0 fully saturated rings. The Morgan fingerprint density at radius 1 is 1.35 bits per heavy atom. The number of carbonyl (C=O) groups excluding carboxylic acids is 2. The van der Waals surface area contributed by atoms with Crippen LogP contribution in [0.1, 0.15) is 66.8 Å². The maximum absolute atomic E-state index is 12.8. The van der Waals surface area contributed by atoms with Gasteiger partial charge in [0.15, 0.2) is 0 Å². The highest BCUT2D eigenvalue weighted by Gasteiger charge is 2.17. The van der Waals surface area contributed by atoms with Crippen molar-refractivity contribution in [3.63, 3.8) is 0 Å². The van der Waals surface area contributed by atoms with E-state index in [2.05, 4.69) is 42.8 Å². The molecule has 6 heteroatoms. The number of benzene rings is 1. The summed E-state index contributed by atoms with van der Waals surface area (Å²) in [5.74, 6) is 0.0194. The number of hydrogen-bond donors (Lipinski definition) is 0. The first-order valence-corrected chi connectivity index (χ1v) is 9.52. The van der Waals surface area contributed by atoms with Gasteiger partial charge in [-0.3, -0.25) is 13.5 Å². The van der Waals surface area contributed by atoms with Crippen LogP contribution < -0.4 is 9.41 Å². The maximum Gasteiger partial charge on any atom is 0.282 e. The molecule has 0 saturated heterocycles. The first-order valence-electron chi connectivity index (χ1n) is 8.74.